The standard InChI is InChI=1S/C12H27N/c1-3-5-6-7-8-9-11-12(13)10-4-2/h12H,3-11,13H2,1-2H3. The van der Waals surface area contributed by atoms with Gasteiger partial charge in [0.25, 0.3) is 0 Å². The first-order valence-corrected chi connectivity index (χ1v) is 6.06. The largest absolute Gasteiger partial charge is 0.328 e. The van der Waals surface area contributed by atoms with Gasteiger partial charge in [0, 0.05) is 6.04 Å². The molecule has 0 fully saturated rings. The van der Waals surface area contributed by atoms with Crippen molar-refractivity contribution in [2.24, 2.45) is 5.73 Å². The molecule has 1 heteroatoms. The van der Waals surface area contributed by atoms with Crippen LogP contribution in [0.15, 0.2) is 0 Å². The van der Waals surface area contributed by atoms with Crippen LogP contribution in [0.5, 0.6) is 0 Å². The quantitative estimate of drug-likeness (QED) is 0.542. The van der Waals surface area contributed by atoms with Crippen LogP contribution in [0, 0.1) is 0 Å². The third-order valence-corrected chi connectivity index (χ3v) is 2.59. The van der Waals surface area contributed by atoms with Gasteiger partial charge < -0.3 is 5.73 Å². The Morgan fingerprint density at radius 2 is 1.38 bits per heavy atom. The van der Waals surface area contributed by atoms with E-state index in [1.807, 2.05) is 0 Å². The zero-order valence-electron chi connectivity index (χ0n) is 9.52. The lowest BCUT2D eigenvalue weighted by Gasteiger charge is -2.09. The van der Waals surface area contributed by atoms with Gasteiger partial charge in [-0.3, -0.25) is 0 Å². The van der Waals surface area contributed by atoms with Crippen molar-refractivity contribution in [1.29, 1.82) is 0 Å². The molecule has 1 nitrogen and oxygen atoms in total. The molecule has 0 heterocycles. The van der Waals surface area contributed by atoms with Gasteiger partial charge in [-0.25, -0.2) is 0 Å². The summed E-state index contributed by atoms with van der Waals surface area (Å²) >= 11 is 0. The SMILES string of the molecule is CCCCCCCCC(N)CCC. The van der Waals surface area contributed by atoms with E-state index in [1.165, 1.54) is 57.8 Å². The van der Waals surface area contributed by atoms with Gasteiger partial charge in [0.05, 0.1) is 0 Å². The monoisotopic (exact) mass is 185 g/mol. The van der Waals surface area contributed by atoms with Crippen LogP contribution >= 0.6 is 0 Å². The average Bonchev–Trinajstić information content (AvgIpc) is 2.11. The summed E-state index contributed by atoms with van der Waals surface area (Å²) in [5, 5.41) is 0. The summed E-state index contributed by atoms with van der Waals surface area (Å²) in [4.78, 5) is 0. The summed E-state index contributed by atoms with van der Waals surface area (Å²) in [6.45, 7) is 4.47. The second-order valence-corrected chi connectivity index (χ2v) is 4.11. The van der Waals surface area contributed by atoms with E-state index in [0.29, 0.717) is 6.04 Å². The molecule has 0 aromatic heterocycles. The Hall–Kier alpha value is -0.0400. The molecule has 0 saturated heterocycles. The number of hydrogen-bond donors (Lipinski definition) is 1. The molecule has 0 aliphatic rings. The van der Waals surface area contributed by atoms with Crippen molar-refractivity contribution in [1.82, 2.24) is 0 Å². The second-order valence-electron chi connectivity index (χ2n) is 4.11. The van der Waals surface area contributed by atoms with Crippen LogP contribution in [0.3, 0.4) is 0 Å². The number of unbranched alkanes of at least 4 members (excludes halogenated alkanes) is 5. The van der Waals surface area contributed by atoms with Crippen LogP contribution < -0.4 is 5.73 Å². The first-order chi connectivity index (χ1) is 6.31. The molecular weight excluding hydrogens is 158 g/mol. The highest BCUT2D eigenvalue weighted by molar-refractivity contribution is 4.59. The molecule has 0 aliphatic carbocycles. The van der Waals surface area contributed by atoms with Crippen molar-refractivity contribution < 1.29 is 0 Å². The minimum absolute atomic E-state index is 0.469. The Bertz CT molecular complexity index is 91.1. The van der Waals surface area contributed by atoms with Crippen LogP contribution in [0.25, 0.3) is 0 Å². The van der Waals surface area contributed by atoms with Gasteiger partial charge >= 0.3 is 0 Å². The Kier molecular flexibility index (Phi) is 10.0. The molecule has 13 heavy (non-hydrogen) atoms. The molecule has 0 amide bonds. The minimum Gasteiger partial charge on any atom is -0.328 e. The molecule has 0 aromatic rings. The highest BCUT2D eigenvalue weighted by atomic mass is 14.6. The summed E-state index contributed by atoms with van der Waals surface area (Å²) in [7, 11) is 0. The smallest absolute Gasteiger partial charge is 0.00387 e. The van der Waals surface area contributed by atoms with Gasteiger partial charge in [-0.2, -0.15) is 0 Å². The van der Waals surface area contributed by atoms with Gasteiger partial charge in [0.2, 0.25) is 0 Å². The van der Waals surface area contributed by atoms with Crippen LogP contribution in [0.2, 0.25) is 0 Å². The van der Waals surface area contributed by atoms with E-state index in [0.717, 1.165) is 0 Å². The van der Waals surface area contributed by atoms with Crippen molar-refractivity contribution in [3.05, 3.63) is 0 Å². The Labute approximate surface area is 84.1 Å². The maximum absolute atomic E-state index is 5.93. The second kappa shape index (κ2) is 10.0. The summed E-state index contributed by atoms with van der Waals surface area (Å²) < 4.78 is 0. The predicted molar refractivity (Wildman–Crippen MR) is 60.9 cm³/mol. The fourth-order valence-corrected chi connectivity index (χ4v) is 1.70. The van der Waals surface area contributed by atoms with Crippen molar-refractivity contribution in [2.45, 2.75) is 77.7 Å². The highest BCUT2D eigenvalue weighted by Crippen LogP contribution is 2.09. The number of rotatable bonds is 9. The molecule has 0 aromatic carbocycles. The normalized spacial score (nSPS) is 13.2. The van der Waals surface area contributed by atoms with Gasteiger partial charge in [-0.15, -0.1) is 0 Å². The molecule has 80 valence electrons. The molecule has 0 spiro atoms. The molecular formula is C12H27N. The molecule has 0 aliphatic heterocycles. The predicted octanol–water partition coefficient (Wildman–Crippen LogP) is 3.86. The maximum Gasteiger partial charge on any atom is 0.00387 e. The lowest BCUT2D eigenvalue weighted by Crippen LogP contribution is -2.18. The van der Waals surface area contributed by atoms with E-state index < -0.39 is 0 Å². The molecule has 0 bridgehead atoms. The van der Waals surface area contributed by atoms with E-state index in [-0.39, 0.29) is 0 Å². The fraction of sp³-hybridized carbons (Fsp3) is 1.00. The third-order valence-electron chi connectivity index (χ3n) is 2.59. The zero-order valence-corrected chi connectivity index (χ0v) is 9.52. The topological polar surface area (TPSA) is 26.0 Å². The maximum atomic E-state index is 5.93. The van der Waals surface area contributed by atoms with Crippen LogP contribution in [-0.4, -0.2) is 6.04 Å². The van der Waals surface area contributed by atoms with E-state index in [2.05, 4.69) is 13.8 Å². The van der Waals surface area contributed by atoms with Crippen molar-refractivity contribution >= 4 is 0 Å². The third kappa shape index (κ3) is 9.88. The van der Waals surface area contributed by atoms with Crippen LogP contribution in [-0.2, 0) is 0 Å². The number of nitrogens with two attached hydrogens (primary N) is 1. The lowest BCUT2D eigenvalue weighted by atomic mass is 10.0. The van der Waals surface area contributed by atoms with E-state index in [1.54, 1.807) is 0 Å². The Morgan fingerprint density at radius 1 is 0.769 bits per heavy atom. The van der Waals surface area contributed by atoms with Gasteiger partial charge in [-0.1, -0.05) is 58.8 Å². The van der Waals surface area contributed by atoms with Gasteiger partial charge in [-0.05, 0) is 12.8 Å². The van der Waals surface area contributed by atoms with Crippen molar-refractivity contribution in [2.75, 3.05) is 0 Å². The molecule has 0 saturated carbocycles. The molecule has 1 unspecified atom stereocenters. The molecule has 1 atom stereocenters. The first kappa shape index (κ1) is 13.0. The summed E-state index contributed by atoms with van der Waals surface area (Å²) in [6, 6.07) is 0.469. The van der Waals surface area contributed by atoms with Gasteiger partial charge in [0.1, 0.15) is 0 Å². The molecule has 0 rings (SSSR count). The van der Waals surface area contributed by atoms with E-state index in [4.69, 9.17) is 5.73 Å². The van der Waals surface area contributed by atoms with Crippen molar-refractivity contribution in [3.8, 4) is 0 Å². The first-order valence-electron chi connectivity index (χ1n) is 6.06. The van der Waals surface area contributed by atoms with Crippen LogP contribution in [0.4, 0.5) is 0 Å². The summed E-state index contributed by atoms with van der Waals surface area (Å²) in [6.07, 6.45) is 12.0. The van der Waals surface area contributed by atoms with E-state index >= 15 is 0 Å². The van der Waals surface area contributed by atoms with Gasteiger partial charge in [0.15, 0.2) is 0 Å². The Morgan fingerprint density at radius 3 is 2.00 bits per heavy atom. The summed E-state index contributed by atoms with van der Waals surface area (Å²) in [5.74, 6) is 0. The Balaban J connectivity index is 2.97. The van der Waals surface area contributed by atoms with Crippen molar-refractivity contribution in [3.63, 3.8) is 0 Å². The fourth-order valence-electron chi connectivity index (χ4n) is 1.70. The van der Waals surface area contributed by atoms with Crippen LogP contribution in [0.1, 0.15) is 71.6 Å². The average molecular weight is 185 g/mol. The molecule has 0 radical (unpaired) electrons. The number of hydrogen-bond acceptors (Lipinski definition) is 1. The molecule has 2 N–H and O–H groups in total. The highest BCUT2D eigenvalue weighted by Gasteiger charge is 1.99. The zero-order chi connectivity index (χ0) is 9.94. The summed E-state index contributed by atoms with van der Waals surface area (Å²) in [5.41, 5.74) is 5.93. The minimum atomic E-state index is 0.469. The lowest BCUT2D eigenvalue weighted by molar-refractivity contribution is 0.508. The van der Waals surface area contributed by atoms with E-state index in [9.17, 15) is 0 Å².